The summed E-state index contributed by atoms with van der Waals surface area (Å²) >= 11 is 9.95. The maximum absolute atomic E-state index is 4.90. The van der Waals surface area contributed by atoms with Crippen molar-refractivity contribution in [2.45, 2.75) is 0 Å². The average molecular weight is 273 g/mol. The Morgan fingerprint density at radius 3 is 2.69 bits per heavy atom. The molecule has 0 atom stereocenters. The Morgan fingerprint density at radius 2 is 2.15 bits per heavy atom. The summed E-state index contributed by atoms with van der Waals surface area (Å²) in [7, 11) is 0. The summed E-state index contributed by atoms with van der Waals surface area (Å²) in [5.41, 5.74) is 0.921. The lowest BCUT2D eigenvalue weighted by atomic mass is 10.3. The highest BCUT2D eigenvalue weighted by molar-refractivity contribution is 9.11. The van der Waals surface area contributed by atoms with Crippen molar-refractivity contribution in [1.29, 1.82) is 0 Å². The third kappa shape index (κ3) is 2.04. The first-order valence-corrected chi connectivity index (χ1v) is 5.59. The van der Waals surface area contributed by atoms with Crippen LogP contribution < -0.4 is 0 Å². The van der Waals surface area contributed by atoms with Gasteiger partial charge in [0.2, 0.25) is 0 Å². The van der Waals surface area contributed by atoms with Crippen LogP contribution in [0.1, 0.15) is 0 Å². The van der Waals surface area contributed by atoms with Gasteiger partial charge in [-0.3, -0.25) is 5.10 Å². The summed E-state index contributed by atoms with van der Waals surface area (Å²) < 4.78 is 1.76. The van der Waals surface area contributed by atoms with Crippen molar-refractivity contribution in [2.75, 3.05) is 0 Å². The first-order chi connectivity index (χ1) is 6.25. The van der Waals surface area contributed by atoms with Crippen molar-refractivity contribution in [3.05, 3.63) is 32.7 Å². The lowest BCUT2D eigenvalue weighted by Gasteiger charge is -1.93. The van der Waals surface area contributed by atoms with Crippen LogP contribution in [0.25, 0.3) is 10.6 Å². The molecule has 0 aliphatic heterocycles. The molecule has 1 N–H and O–H groups in total. The summed E-state index contributed by atoms with van der Waals surface area (Å²) in [5, 5.41) is 6.89. The second-order valence-corrected chi connectivity index (χ2v) is 5.31. The van der Waals surface area contributed by atoms with Crippen molar-refractivity contribution in [1.82, 2.24) is 10.2 Å². The number of hydrogen-bond acceptors (Lipinski definition) is 3. The zero-order valence-electron chi connectivity index (χ0n) is 6.45. The molecule has 0 fully saturated rings. The molecule has 0 saturated carbocycles. The Bertz CT molecular complexity index is 454. The van der Waals surface area contributed by atoms with E-state index >= 15 is 0 Å². The number of thiophene rings is 1. The molecule has 2 aromatic heterocycles. The lowest BCUT2D eigenvalue weighted by molar-refractivity contribution is 1.03. The van der Waals surface area contributed by atoms with Crippen molar-refractivity contribution >= 4 is 39.5 Å². The number of aromatic nitrogens is 2. The van der Waals surface area contributed by atoms with E-state index in [4.69, 9.17) is 12.2 Å². The number of rotatable bonds is 1. The van der Waals surface area contributed by atoms with Crippen molar-refractivity contribution in [3.8, 4) is 10.6 Å². The molecule has 2 aromatic rings. The molecule has 0 aromatic carbocycles. The van der Waals surface area contributed by atoms with Crippen molar-refractivity contribution < 1.29 is 0 Å². The minimum absolute atomic E-state index is 0.652. The molecule has 2 heterocycles. The highest BCUT2D eigenvalue weighted by atomic mass is 79.9. The molecule has 5 heteroatoms. The van der Waals surface area contributed by atoms with Gasteiger partial charge in [0.25, 0.3) is 0 Å². The van der Waals surface area contributed by atoms with E-state index in [0.29, 0.717) is 4.64 Å². The summed E-state index contributed by atoms with van der Waals surface area (Å²) in [6, 6.07) is 7.78. The minimum atomic E-state index is 0.652. The fourth-order valence-corrected chi connectivity index (χ4v) is 2.40. The number of nitrogens with zero attached hydrogens (tertiary/aromatic N) is 1. The monoisotopic (exact) mass is 272 g/mol. The summed E-state index contributed by atoms with van der Waals surface area (Å²) in [6.07, 6.45) is 0. The predicted molar refractivity (Wildman–Crippen MR) is 60.4 cm³/mol. The molecule has 66 valence electrons. The average Bonchev–Trinajstić information content (AvgIpc) is 2.53. The van der Waals surface area contributed by atoms with Gasteiger partial charge in [0.1, 0.15) is 10.3 Å². The van der Waals surface area contributed by atoms with Gasteiger partial charge >= 0.3 is 0 Å². The van der Waals surface area contributed by atoms with Gasteiger partial charge in [-0.15, -0.1) is 11.3 Å². The summed E-state index contributed by atoms with van der Waals surface area (Å²) in [6.45, 7) is 0. The van der Waals surface area contributed by atoms with Crippen LogP contribution in [-0.4, -0.2) is 10.2 Å². The predicted octanol–water partition coefficient (Wildman–Crippen LogP) is 3.63. The maximum atomic E-state index is 4.90. The molecule has 0 aliphatic carbocycles. The Hall–Kier alpha value is -0.520. The largest absolute Gasteiger partial charge is 0.267 e. The van der Waals surface area contributed by atoms with Crippen LogP contribution in [0.15, 0.2) is 28.1 Å². The first-order valence-electron chi connectivity index (χ1n) is 3.57. The van der Waals surface area contributed by atoms with Crippen LogP contribution in [0, 0.1) is 4.64 Å². The molecule has 0 amide bonds. The van der Waals surface area contributed by atoms with Gasteiger partial charge < -0.3 is 0 Å². The molecule has 13 heavy (non-hydrogen) atoms. The Kier molecular flexibility index (Phi) is 2.57. The van der Waals surface area contributed by atoms with Gasteiger partial charge in [-0.1, -0.05) is 12.2 Å². The van der Waals surface area contributed by atoms with Crippen LogP contribution in [-0.2, 0) is 0 Å². The topological polar surface area (TPSA) is 28.7 Å². The van der Waals surface area contributed by atoms with Gasteiger partial charge in [0.15, 0.2) is 0 Å². The van der Waals surface area contributed by atoms with Crippen LogP contribution in [0.4, 0.5) is 0 Å². The van der Waals surface area contributed by atoms with Gasteiger partial charge in [-0.05, 0) is 40.2 Å². The second kappa shape index (κ2) is 3.69. The first kappa shape index (κ1) is 9.05. The van der Waals surface area contributed by atoms with E-state index in [1.165, 1.54) is 0 Å². The highest BCUT2D eigenvalue weighted by Crippen LogP contribution is 2.29. The molecule has 0 spiro atoms. The van der Waals surface area contributed by atoms with Crippen LogP contribution in [0.2, 0.25) is 0 Å². The lowest BCUT2D eigenvalue weighted by Crippen LogP contribution is -1.83. The van der Waals surface area contributed by atoms with Crippen molar-refractivity contribution in [3.63, 3.8) is 0 Å². The van der Waals surface area contributed by atoms with E-state index in [1.54, 1.807) is 11.3 Å². The third-order valence-electron chi connectivity index (χ3n) is 1.50. The fraction of sp³-hybridized carbons (Fsp3) is 0. The molecule has 2 nitrogen and oxygen atoms in total. The van der Waals surface area contributed by atoms with Gasteiger partial charge in [-0.25, -0.2) is 0 Å². The molecule has 2 rings (SSSR count). The van der Waals surface area contributed by atoms with Crippen LogP contribution in [0.3, 0.4) is 0 Å². The van der Waals surface area contributed by atoms with E-state index in [0.717, 1.165) is 14.4 Å². The smallest absolute Gasteiger partial charge is 0.119 e. The Labute approximate surface area is 92.8 Å². The maximum Gasteiger partial charge on any atom is 0.119 e. The standard InChI is InChI=1S/C8H5BrN2S2/c9-7-3-2-6(13-7)5-1-4-8(12)11-10-5/h1-4H,(H,11,12). The normalized spacial score (nSPS) is 10.2. The minimum Gasteiger partial charge on any atom is -0.267 e. The molecular weight excluding hydrogens is 268 g/mol. The highest BCUT2D eigenvalue weighted by Gasteiger charge is 2.01. The van der Waals surface area contributed by atoms with E-state index in [-0.39, 0.29) is 0 Å². The Morgan fingerprint density at radius 1 is 1.31 bits per heavy atom. The molecular formula is C8H5BrN2S2. The van der Waals surface area contributed by atoms with Crippen molar-refractivity contribution in [2.24, 2.45) is 0 Å². The molecule has 0 unspecified atom stereocenters. The number of nitrogens with one attached hydrogen (secondary N) is 1. The van der Waals surface area contributed by atoms with E-state index in [9.17, 15) is 0 Å². The summed E-state index contributed by atoms with van der Waals surface area (Å²) in [5.74, 6) is 0. The van der Waals surface area contributed by atoms with E-state index in [2.05, 4.69) is 26.1 Å². The van der Waals surface area contributed by atoms with Gasteiger partial charge in [0, 0.05) is 0 Å². The molecule has 0 radical (unpaired) electrons. The SMILES string of the molecule is S=c1ccc(-c2ccc(Br)s2)n[nH]1. The van der Waals surface area contributed by atoms with Gasteiger partial charge in [-0.2, -0.15) is 5.10 Å². The fourth-order valence-electron chi connectivity index (χ4n) is 0.934. The number of aromatic amines is 1. The van der Waals surface area contributed by atoms with E-state index in [1.807, 2.05) is 24.3 Å². The Balaban J connectivity index is 2.47. The van der Waals surface area contributed by atoms with Crippen LogP contribution in [0.5, 0.6) is 0 Å². The zero-order valence-corrected chi connectivity index (χ0v) is 9.67. The van der Waals surface area contributed by atoms with Crippen LogP contribution >= 0.6 is 39.5 Å². The number of hydrogen-bond donors (Lipinski definition) is 1. The van der Waals surface area contributed by atoms with E-state index < -0.39 is 0 Å². The molecule has 0 bridgehead atoms. The molecule has 0 saturated heterocycles. The van der Waals surface area contributed by atoms with Gasteiger partial charge in [0.05, 0.1) is 8.66 Å². The molecule has 0 aliphatic rings. The number of halogens is 1. The quantitative estimate of drug-likeness (QED) is 0.804. The number of H-pyrrole nitrogens is 1. The third-order valence-corrected chi connectivity index (χ3v) is 3.38. The summed E-state index contributed by atoms with van der Waals surface area (Å²) in [4.78, 5) is 1.12. The zero-order chi connectivity index (χ0) is 9.26. The second-order valence-electron chi connectivity index (χ2n) is 2.41.